The van der Waals surface area contributed by atoms with Gasteiger partial charge in [0, 0.05) is 24.3 Å². The highest BCUT2D eigenvalue weighted by Crippen LogP contribution is 2.16. The molecular formula is C13H17N5O2. The second-order valence-corrected chi connectivity index (χ2v) is 5.06. The molecule has 0 radical (unpaired) electrons. The smallest absolute Gasteiger partial charge is 0.297 e. The van der Waals surface area contributed by atoms with Crippen LogP contribution in [0.3, 0.4) is 0 Å². The molecule has 0 bridgehead atoms. The fraction of sp³-hybridized carbons (Fsp3) is 0.538. The second-order valence-electron chi connectivity index (χ2n) is 5.06. The Labute approximate surface area is 115 Å². The number of rotatable bonds is 4. The summed E-state index contributed by atoms with van der Waals surface area (Å²) in [7, 11) is 0. The number of H-pyrrole nitrogens is 1. The highest BCUT2D eigenvalue weighted by atomic mass is 16.2. The number of hydrogen-bond donors (Lipinski definition) is 1. The van der Waals surface area contributed by atoms with Crippen LogP contribution in [0.25, 0.3) is 0 Å². The van der Waals surface area contributed by atoms with E-state index in [0.717, 1.165) is 43.4 Å². The summed E-state index contributed by atoms with van der Waals surface area (Å²) in [6, 6.07) is 0. The molecule has 0 aromatic carbocycles. The number of nitrogens with one attached hydrogen (secondary N) is 1. The first-order valence-corrected chi connectivity index (χ1v) is 6.93. The molecule has 0 spiro atoms. The van der Waals surface area contributed by atoms with Crippen molar-refractivity contribution in [2.45, 2.75) is 45.2 Å². The normalized spacial score (nSPS) is 14.2. The van der Waals surface area contributed by atoms with Crippen LogP contribution in [-0.2, 0) is 25.9 Å². The number of hydrogen-bond acceptors (Lipinski definition) is 4. The van der Waals surface area contributed by atoms with Gasteiger partial charge in [0.05, 0.1) is 0 Å². The molecule has 0 saturated carbocycles. The molecule has 0 aliphatic heterocycles. The topological polar surface area (TPSA) is 85.6 Å². The van der Waals surface area contributed by atoms with Crippen LogP contribution in [0.2, 0.25) is 0 Å². The quantitative estimate of drug-likeness (QED) is 0.857. The lowest BCUT2D eigenvalue weighted by Crippen LogP contribution is -2.37. The maximum absolute atomic E-state index is 12.0. The Bertz CT molecular complexity index is 699. The summed E-state index contributed by atoms with van der Waals surface area (Å²) >= 11 is 0. The fourth-order valence-electron chi connectivity index (χ4n) is 2.77. The minimum Gasteiger partial charge on any atom is -0.297 e. The lowest BCUT2D eigenvalue weighted by atomic mass is 9.97. The number of aromatic amines is 1. The fourth-order valence-corrected chi connectivity index (χ4v) is 2.77. The molecule has 0 amide bonds. The van der Waals surface area contributed by atoms with E-state index in [4.69, 9.17) is 0 Å². The highest BCUT2D eigenvalue weighted by molar-refractivity contribution is 5.20. The van der Waals surface area contributed by atoms with Crippen LogP contribution in [0.5, 0.6) is 0 Å². The molecule has 20 heavy (non-hydrogen) atoms. The van der Waals surface area contributed by atoms with Gasteiger partial charge in [0.15, 0.2) is 0 Å². The molecule has 2 heterocycles. The van der Waals surface area contributed by atoms with E-state index in [2.05, 4.69) is 15.1 Å². The Morgan fingerprint density at radius 2 is 2.05 bits per heavy atom. The SMILES string of the molecule is O=c1[nH]c(=O)n(CCCn2cncn2)c2c1CCCC2. The van der Waals surface area contributed by atoms with Crippen LogP contribution in [0.4, 0.5) is 0 Å². The molecule has 7 heteroatoms. The third kappa shape index (κ3) is 2.43. The van der Waals surface area contributed by atoms with Gasteiger partial charge >= 0.3 is 5.69 Å². The van der Waals surface area contributed by atoms with Gasteiger partial charge in [-0.05, 0) is 32.1 Å². The minimum atomic E-state index is -0.297. The molecule has 0 atom stereocenters. The lowest BCUT2D eigenvalue weighted by Gasteiger charge is -2.19. The van der Waals surface area contributed by atoms with Gasteiger partial charge in [-0.1, -0.05) is 0 Å². The van der Waals surface area contributed by atoms with E-state index in [1.165, 1.54) is 6.33 Å². The van der Waals surface area contributed by atoms with Crippen molar-refractivity contribution in [3.8, 4) is 0 Å². The van der Waals surface area contributed by atoms with E-state index >= 15 is 0 Å². The van der Waals surface area contributed by atoms with Crippen molar-refractivity contribution in [2.24, 2.45) is 0 Å². The molecule has 2 aromatic heterocycles. The molecular weight excluding hydrogens is 258 g/mol. The van der Waals surface area contributed by atoms with Gasteiger partial charge in [0.2, 0.25) is 0 Å². The number of fused-ring (bicyclic) bond motifs is 1. The van der Waals surface area contributed by atoms with Crippen LogP contribution in [0, 0.1) is 0 Å². The summed E-state index contributed by atoms with van der Waals surface area (Å²) in [6.45, 7) is 1.30. The predicted octanol–water partition coefficient (Wildman–Crippen LogP) is 0.0972. The summed E-state index contributed by atoms with van der Waals surface area (Å²) in [4.78, 5) is 30.1. The highest BCUT2D eigenvalue weighted by Gasteiger charge is 2.17. The largest absolute Gasteiger partial charge is 0.328 e. The van der Waals surface area contributed by atoms with E-state index in [-0.39, 0.29) is 11.2 Å². The lowest BCUT2D eigenvalue weighted by molar-refractivity contribution is 0.486. The summed E-state index contributed by atoms with van der Waals surface area (Å²) in [5, 5.41) is 4.03. The van der Waals surface area contributed by atoms with E-state index in [0.29, 0.717) is 13.1 Å². The molecule has 1 aliphatic rings. The van der Waals surface area contributed by atoms with E-state index < -0.39 is 0 Å². The average molecular weight is 275 g/mol. The molecule has 2 aromatic rings. The van der Waals surface area contributed by atoms with Gasteiger partial charge in [-0.3, -0.25) is 19.0 Å². The van der Waals surface area contributed by atoms with Gasteiger partial charge in [0.1, 0.15) is 12.7 Å². The van der Waals surface area contributed by atoms with Crippen LogP contribution < -0.4 is 11.2 Å². The van der Waals surface area contributed by atoms with Crippen molar-refractivity contribution in [3.63, 3.8) is 0 Å². The Morgan fingerprint density at radius 3 is 2.85 bits per heavy atom. The molecule has 106 valence electrons. The Kier molecular flexibility index (Phi) is 3.49. The third-order valence-electron chi connectivity index (χ3n) is 3.74. The van der Waals surface area contributed by atoms with Gasteiger partial charge < -0.3 is 0 Å². The molecule has 0 fully saturated rings. The summed E-state index contributed by atoms with van der Waals surface area (Å²) < 4.78 is 3.45. The molecule has 0 unspecified atom stereocenters. The van der Waals surface area contributed by atoms with Gasteiger partial charge in [-0.15, -0.1) is 0 Å². The molecule has 1 aliphatic carbocycles. The number of aromatic nitrogens is 5. The predicted molar refractivity (Wildman–Crippen MR) is 72.6 cm³/mol. The molecule has 0 saturated heterocycles. The first kappa shape index (κ1) is 12.8. The van der Waals surface area contributed by atoms with Crippen LogP contribution in [-0.4, -0.2) is 24.3 Å². The first-order valence-electron chi connectivity index (χ1n) is 6.93. The van der Waals surface area contributed by atoms with Crippen LogP contribution in [0.15, 0.2) is 22.2 Å². The molecule has 7 nitrogen and oxygen atoms in total. The average Bonchev–Trinajstić information content (AvgIpc) is 2.96. The van der Waals surface area contributed by atoms with Gasteiger partial charge in [0.25, 0.3) is 5.56 Å². The van der Waals surface area contributed by atoms with Gasteiger partial charge in [-0.25, -0.2) is 9.78 Å². The monoisotopic (exact) mass is 275 g/mol. The maximum atomic E-state index is 12.0. The molecule has 3 rings (SSSR count). The minimum absolute atomic E-state index is 0.211. The number of aryl methyl sites for hydroxylation is 1. The van der Waals surface area contributed by atoms with Crippen molar-refractivity contribution < 1.29 is 0 Å². The second kappa shape index (κ2) is 5.44. The van der Waals surface area contributed by atoms with E-state index in [1.54, 1.807) is 15.6 Å². The van der Waals surface area contributed by atoms with Crippen molar-refractivity contribution in [3.05, 3.63) is 44.8 Å². The van der Waals surface area contributed by atoms with Crippen molar-refractivity contribution in [1.29, 1.82) is 0 Å². The Balaban J connectivity index is 1.82. The standard InChI is InChI=1S/C13H17N5O2/c19-12-10-4-1-2-5-11(10)18(13(20)16-12)7-3-6-17-9-14-8-15-17/h8-9H,1-7H2,(H,16,19,20). The van der Waals surface area contributed by atoms with E-state index in [9.17, 15) is 9.59 Å². The van der Waals surface area contributed by atoms with E-state index in [1.807, 2.05) is 0 Å². The number of nitrogens with zero attached hydrogens (tertiary/aromatic N) is 4. The summed E-state index contributed by atoms with van der Waals surface area (Å²) in [5.41, 5.74) is 1.20. The zero-order chi connectivity index (χ0) is 13.9. The zero-order valence-electron chi connectivity index (χ0n) is 11.2. The zero-order valence-corrected chi connectivity index (χ0v) is 11.2. The molecule has 1 N–H and O–H groups in total. The Hall–Kier alpha value is -2.18. The first-order chi connectivity index (χ1) is 9.75. The van der Waals surface area contributed by atoms with Crippen LogP contribution >= 0.6 is 0 Å². The maximum Gasteiger partial charge on any atom is 0.328 e. The Morgan fingerprint density at radius 1 is 1.20 bits per heavy atom. The third-order valence-corrected chi connectivity index (χ3v) is 3.74. The summed E-state index contributed by atoms with van der Waals surface area (Å²) in [6.07, 6.45) is 7.58. The summed E-state index contributed by atoms with van der Waals surface area (Å²) in [5.74, 6) is 0. The van der Waals surface area contributed by atoms with Crippen molar-refractivity contribution in [2.75, 3.05) is 0 Å². The van der Waals surface area contributed by atoms with Crippen molar-refractivity contribution >= 4 is 0 Å². The van der Waals surface area contributed by atoms with Crippen molar-refractivity contribution in [1.82, 2.24) is 24.3 Å². The van der Waals surface area contributed by atoms with Crippen LogP contribution in [0.1, 0.15) is 30.5 Å². The van der Waals surface area contributed by atoms with Gasteiger partial charge in [-0.2, -0.15) is 5.10 Å².